The molecule has 0 amide bonds. The van der Waals surface area contributed by atoms with Crippen molar-refractivity contribution < 1.29 is 19.4 Å². The number of carbonyl (C=O) groups excluding carboxylic acids is 1. The summed E-state index contributed by atoms with van der Waals surface area (Å²) in [4.78, 5) is 33.9. The zero-order valence-electron chi connectivity index (χ0n) is 26.2. The van der Waals surface area contributed by atoms with Crippen LogP contribution in [0.3, 0.4) is 0 Å². The summed E-state index contributed by atoms with van der Waals surface area (Å²) in [6.07, 6.45) is 16.6. The third-order valence-electron chi connectivity index (χ3n) is 10.4. The molecule has 3 saturated carbocycles. The Balaban J connectivity index is 1.47. The highest BCUT2D eigenvalue weighted by atomic mass is 16.6. The summed E-state index contributed by atoms with van der Waals surface area (Å²) >= 11 is 0. The third-order valence-corrected chi connectivity index (χ3v) is 10.4. The molecule has 0 radical (unpaired) electrons. The number of esters is 1. The molecular weight excluding hydrogens is 544 g/mol. The molecule has 3 aliphatic rings. The smallest absolute Gasteiger partial charge is 0.338 e. The molecule has 6 atom stereocenters. The predicted octanol–water partition coefficient (Wildman–Crippen LogP) is 9.32. The van der Waals surface area contributed by atoms with Gasteiger partial charge in [-0.15, -0.1) is 0 Å². The number of rotatable bonds is 9. The van der Waals surface area contributed by atoms with Crippen LogP contribution in [0.25, 0.3) is 0 Å². The molecule has 8 heteroatoms. The Labute approximate surface area is 255 Å². The van der Waals surface area contributed by atoms with Crippen LogP contribution in [0.15, 0.2) is 65.8 Å². The zero-order valence-corrected chi connectivity index (χ0v) is 26.2. The normalized spacial score (nSPS) is 29.2. The van der Waals surface area contributed by atoms with Crippen molar-refractivity contribution in [2.45, 2.75) is 92.1 Å². The largest absolute Gasteiger partial charge is 0.458 e. The fraction of sp³-hybridized carbons (Fsp3) is 0.571. The minimum absolute atomic E-state index is 0.196. The van der Waals surface area contributed by atoms with E-state index in [-0.39, 0.29) is 11.0 Å². The average Bonchev–Trinajstić information content (AvgIpc) is 3.33. The van der Waals surface area contributed by atoms with Gasteiger partial charge < -0.3 is 4.74 Å². The van der Waals surface area contributed by atoms with Crippen molar-refractivity contribution in [2.24, 2.45) is 35.0 Å². The second-order valence-corrected chi connectivity index (χ2v) is 13.5. The van der Waals surface area contributed by atoms with Crippen molar-refractivity contribution in [3.63, 3.8) is 0 Å². The number of hydrogen-bond donors (Lipinski definition) is 0. The molecule has 0 saturated heterocycles. The minimum Gasteiger partial charge on any atom is -0.458 e. The van der Waals surface area contributed by atoms with E-state index in [9.17, 15) is 25.0 Å². The Hall–Kier alpha value is -3.55. The van der Waals surface area contributed by atoms with Gasteiger partial charge in [-0.3, -0.25) is 20.2 Å². The number of nitro groups is 2. The number of allylic oxidation sites excluding steroid dienone is 6. The number of nitro benzene ring substituents is 2. The lowest BCUT2D eigenvalue weighted by Crippen LogP contribution is -2.35. The third kappa shape index (κ3) is 7.34. The molecule has 0 bridgehead atoms. The molecule has 43 heavy (non-hydrogen) atoms. The number of ether oxygens (including phenoxy) is 1. The van der Waals surface area contributed by atoms with Crippen LogP contribution in [0.1, 0.15) is 96.3 Å². The van der Waals surface area contributed by atoms with Crippen molar-refractivity contribution >= 4 is 17.3 Å². The maximum absolute atomic E-state index is 12.9. The lowest BCUT2D eigenvalue weighted by atomic mass is 9.61. The van der Waals surface area contributed by atoms with Crippen LogP contribution in [0.4, 0.5) is 11.4 Å². The summed E-state index contributed by atoms with van der Waals surface area (Å²) in [5.41, 5.74) is 2.63. The van der Waals surface area contributed by atoms with E-state index in [0.29, 0.717) is 48.9 Å². The summed E-state index contributed by atoms with van der Waals surface area (Å²) in [6, 6.07) is 2.88. The quantitative estimate of drug-likeness (QED) is 0.123. The maximum atomic E-state index is 12.9. The molecule has 1 aromatic carbocycles. The minimum atomic E-state index is -0.798. The Morgan fingerprint density at radius 1 is 1.00 bits per heavy atom. The first-order valence-corrected chi connectivity index (χ1v) is 15.7. The zero-order chi connectivity index (χ0) is 31.5. The van der Waals surface area contributed by atoms with Crippen LogP contribution in [-0.2, 0) is 4.74 Å². The van der Waals surface area contributed by atoms with E-state index in [2.05, 4.69) is 65.5 Å². The van der Waals surface area contributed by atoms with Crippen LogP contribution in [-0.4, -0.2) is 21.9 Å². The summed E-state index contributed by atoms with van der Waals surface area (Å²) in [7, 11) is 0. The van der Waals surface area contributed by atoms with Gasteiger partial charge in [0.1, 0.15) is 6.10 Å². The first kappa shape index (κ1) is 32.4. The highest BCUT2D eigenvalue weighted by Gasteiger charge is 2.50. The molecule has 0 N–H and O–H groups in total. The molecule has 0 unspecified atom stereocenters. The molecular formula is C35H46N2O6. The number of benzene rings is 1. The van der Waals surface area contributed by atoms with Crippen molar-refractivity contribution in [3.8, 4) is 0 Å². The van der Waals surface area contributed by atoms with Crippen LogP contribution in [0, 0.1) is 55.2 Å². The van der Waals surface area contributed by atoms with Gasteiger partial charge in [-0.2, -0.15) is 0 Å². The van der Waals surface area contributed by atoms with Gasteiger partial charge in [-0.05, 0) is 85.5 Å². The van der Waals surface area contributed by atoms with Gasteiger partial charge >= 0.3 is 5.97 Å². The van der Waals surface area contributed by atoms with Crippen LogP contribution in [0.2, 0.25) is 0 Å². The molecule has 4 rings (SSSR count). The summed E-state index contributed by atoms with van der Waals surface area (Å²) < 4.78 is 5.70. The first-order chi connectivity index (χ1) is 20.3. The fourth-order valence-electron chi connectivity index (χ4n) is 7.47. The fourth-order valence-corrected chi connectivity index (χ4v) is 7.47. The Bertz CT molecular complexity index is 1330. The standard InChI is InChI=1S/C35H46N2O6/c1-22(2)23(3)9-10-25(5)32-15-16-33-26(8-7-17-35(32,33)6)12-13-27-20-31(14-11-24(27)4)43-34(38)28-18-29(36(39)40)21-30(19-28)37(41)42/h9-10,12-13,18-19,21-23,25,31-33H,4,7-8,11,14-17,20H2,1-3,5-6H3/b10-9+,26-12+,27-13-/t23-,25+,31+,32-,33-,35+/m0/s1. The highest BCUT2D eigenvalue weighted by molar-refractivity contribution is 5.91. The van der Waals surface area contributed by atoms with Crippen molar-refractivity contribution in [1.82, 2.24) is 0 Å². The molecule has 8 nitrogen and oxygen atoms in total. The Morgan fingerprint density at radius 2 is 1.67 bits per heavy atom. The summed E-state index contributed by atoms with van der Waals surface area (Å²) in [5.74, 6) is 2.21. The molecule has 0 spiro atoms. The van der Waals surface area contributed by atoms with Gasteiger partial charge in [-0.1, -0.05) is 76.6 Å². The van der Waals surface area contributed by atoms with Gasteiger partial charge in [0.05, 0.1) is 21.5 Å². The van der Waals surface area contributed by atoms with Crippen molar-refractivity contribution in [3.05, 3.63) is 91.6 Å². The second kappa shape index (κ2) is 13.4. The van der Waals surface area contributed by atoms with E-state index in [1.165, 1.54) is 31.3 Å². The molecule has 3 aliphatic carbocycles. The lowest BCUT2D eigenvalue weighted by molar-refractivity contribution is -0.394. The topological polar surface area (TPSA) is 113 Å². The molecule has 232 valence electrons. The number of nitrogens with zero attached hydrogens (tertiary/aromatic N) is 2. The average molecular weight is 591 g/mol. The van der Waals surface area contributed by atoms with E-state index in [1.54, 1.807) is 0 Å². The number of hydrogen-bond acceptors (Lipinski definition) is 6. The lowest BCUT2D eigenvalue weighted by Gasteiger charge is -2.44. The number of non-ortho nitro benzene ring substituents is 2. The Kier molecular flexibility index (Phi) is 10.1. The monoisotopic (exact) mass is 590 g/mol. The van der Waals surface area contributed by atoms with Gasteiger partial charge in [-0.25, -0.2) is 4.79 Å². The van der Waals surface area contributed by atoms with E-state index in [4.69, 9.17) is 4.74 Å². The van der Waals surface area contributed by atoms with Crippen LogP contribution in [0.5, 0.6) is 0 Å². The number of carbonyl (C=O) groups is 1. The predicted molar refractivity (Wildman–Crippen MR) is 169 cm³/mol. The van der Waals surface area contributed by atoms with Crippen molar-refractivity contribution in [1.29, 1.82) is 0 Å². The maximum Gasteiger partial charge on any atom is 0.338 e. The molecule has 1 aromatic rings. The first-order valence-electron chi connectivity index (χ1n) is 15.7. The SMILES string of the molecule is C=C1CC[C@@H](OC(=O)c2cc([N+](=O)[O-])cc([N+](=O)[O-])c2)C/C1=C/C=C1\CCC[C@@]2(C)[C@H]1CC[C@H]2[C@H](C)/C=C/[C@H](C)C(C)C. The van der Waals surface area contributed by atoms with Crippen molar-refractivity contribution in [2.75, 3.05) is 0 Å². The highest BCUT2D eigenvalue weighted by Crippen LogP contribution is 2.59. The van der Waals surface area contributed by atoms with Crippen LogP contribution >= 0.6 is 0 Å². The molecule has 0 aliphatic heterocycles. The Morgan fingerprint density at radius 3 is 2.30 bits per heavy atom. The van der Waals surface area contributed by atoms with E-state index < -0.39 is 33.3 Å². The summed E-state index contributed by atoms with van der Waals surface area (Å²) in [5, 5.41) is 22.5. The molecule has 0 aromatic heterocycles. The van der Waals surface area contributed by atoms with Crippen LogP contribution < -0.4 is 0 Å². The van der Waals surface area contributed by atoms with Gasteiger partial charge in [0, 0.05) is 18.6 Å². The summed E-state index contributed by atoms with van der Waals surface area (Å²) in [6.45, 7) is 16.0. The van der Waals surface area contributed by atoms with Gasteiger partial charge in [0.2, 0.25) is 0 Å². The van der Waals surface area contributed by atoms with E-state index in [1.807, 2.05) is 0 Å². The second-order valence-electron chi connectivity index (χ2n) is 13.5. The number of fused-ring (bicyclic) bond motifs is 1. The molecule has 3 fully saturated rings. The van der Waals surface area contributed by atoms with E-state index in [0.717, 1.165) is 35.8 Å². The van der Waals surface area contributed by atoms with E-state index >= 15 is 0 Å². The van der Waals surface area contributed by atoms with Gasteiger partial charge in [0.25, 0.3) is 11.4 Å². The van der Waals surface area contributed by atoms with Gasteiger partial charge in [0.15, 0.2) is 0 Å². The molecule has 0 heterocycles.